The SMILES string of the molecule is O=[P+](OCNC1CCCCC1)OCNC1CCCCC1. The zero-order valence-electron chi connectivity index (χ0n) is 12.3. The molecule has 0 atom stereocenters. The van der Waals surface area contributed by atoms with Crippen molar-refractivity contribution in [2.24, 2.45) is 0 Å². The van der Waals surface area contributed by atoms with Crippen molar-refractivity contribution in [2.45, 2.75) is 76.3 Å². The zero-order chi connectivity index (χ0) is 14.0. The van der Waals surface area contributed by atoms with Crippen LogP contribution in [0.4, 0.5) is 0 Å². The Kier molecular flexibility index (Phi) is 7.99. The molecule has 0 aliphatic heterocycles. The van der Waals surface area contributed by atoms with Gasteiger partial charge in [0, 0.05) is 16.6 Å². The van der Waals surface area contributed by atoms with Crippen LogP contribution < -0.4 is 10.6 Å². The van der Waals surface area contributed by atoms with Gasteiger partial charge in [-0.15, -0.1) is 9.05 Å². The lowest BCUT2D eigenvalue weighted by Crippen LogP contribution is -2.33. The number of hydrogen-bond donors (Lipinski definition) is 2. The summed E-state index contributed by atoms with van der Waals surface area (Å²) in [5.41, 5.74) is 0. The van der Waals surface area contributed by atoms with E-state index in [2.05, 4.69) is 10.6 Å². The van der Waals surface area contributed by atoms with Crippen molar-refractivity contribution in [1.29, 1.82) is 0 Å². The molecule has 0 bridgehead atoms. The van der Waals surface area contributed by atoms with E-state index in [0.29, 0.717) is 25.5 Å². The molecule has 5 nitrogen and oxygen atoms in total. The fourth-order valence-electron chi connectivity index (χ4n) is 3.07. The molecule has 2 aliphatic carbocycles. The topological polar surface area (TPSA) is 59.6 Å². The smallest absolute Gasteiger partial charge is 0.288 e. The number of nitrogens with one attached hydrogen (secondary N) is 2. The Morgan fingerprint density at radius 2 is 1.15 bits per heavy atom. The first-order chi connectivity index (χ1) is 9.84. The first-order valence-electron chi connectivity index (χ1n) is 8.04. The maximum atomic E-state index is 11.6. The molecule has 0 unspecified atom stereocenters. The monoisotopic (exact) mass is 303 g/mol. The maximum absolute atomic E-state index is 11.6. The van der Waals surface area contributed by atoms with E-state index in [9.17, 15) is 4.57 Å². The summed E-state index contributed by atoms with van der Waals surface area (Å²) >= 11 is 0. The molecule has 0 aromatic heterocycles. The van der Waals surface area contributed by atoms with Crippen molar-refractivity contribution >= 4 is 8.25 Å². The van der Waals surface area contributed by atoms with Crippen molar-refractivity contribution in [3.63, 3.8) is 0 Å². The van der Waals surface area contributed by atoms with Crippen LogP contribution in [0.3, 0.4) is 0 Å². The van der Waals surface area contributed by atoms with Crippen molar-refractivity contribution in [2.75, 3.05) is 13.5 Å². The molecule has 20 heavy (non-hydrogen) atoms. The van der Waals surface area contributed by atoms with E-state index in [1.807, 2.05) is 0 Å². The summed E-state index contributed by atoms with van der Waals surface area (Å²) < 4.78 is 21.9. The Hall–Kier alpha value is -0.0600. The lowest BCUT2D eigenvalue weighted by molar-refractivity contribution is 0.177. The number of rotatable bonds is 8. The third-order valence-corrected chi connectivity index (χ3v) is 4.97. The molecule has 0 aromatic carbocycles. The van der Waals surface area contributed by atoms with Crippen molar-refractivity contribution in [3.05, 3.63) is 0 Å². The van der Waals surface area contributed by atoms with E-state index in [4.69, 9.17) is 9.05 Å². The molecule has 116 valence electrons. The first kappa shape index (κ1) is 16.3. The fourth-order valence-corrected chi connectivity index (χ4v) is 3.50. The molecule has 0 spiro atoms. The van der Waals surface area contributed by atoms with Gasteiger partial charge in [-0.1, -0.05) is 38.5 Å². The van der Waals surface area contributed by atoms with Gasteiger partial charge in [0.1, 0.15) is 0 Å². The third kappa shape index (κ3) is 6.59. The van der Waals surface area contributed by atoms with Crippen LogP contribution in [-0.4, -0.2) is 25.5 Å². The highest BCUT2D eigenvalue weighted by Crippen LogP contribution is 2.24. The van der Waals surface area contributed by atoms with Crippen LogP contribution in [0, 0.1) is 0 Å². The van der Waals surface area contributed by atoms with Gasteiger partial charge in [-0.25, -0.2) is 0 Å². The average molecular weight is 303 g/mol. The zero-order valence-corrected chi connectivity index (χ0v) is 13.2. The van der Waals surface area contributed by atoms with E-state index in [0.717, 1.165) is 0 Å². The molecule has 0 aromatic rings. The van der Waals surface area contributed by atoms with Gasteiger partial charge in [0.15, 0.2) is 13.5 Å². The standard InChI is InChI=1S/C14H28N2O3P/c17-20(18-11-15-13-7-3-1-4-8-13)19-12-16-14-9-5-2-6-10-14/h13-16H,1-12H2/q+1. The van der Waals surface area contributed by atoms with Gasteiger partial charge < -0.3 is 0 Å². The van der Waals surface area contributed by atoms with E-state index < -0.39 is 8.25 Å². The van der Waals surface area contributed by atoms with Crippen LogP contribution in [-0.2, 0) is 13.6 Å². The summed E-state index contributed by atoms with van der Waals surface area (Å²) in [6.07, 6.45) is 12.6. The minimum absolute atomic E-state index is 0.323. The Morgan fingerprint density at radius 1 is 0.750 bits per heavy atom. The summed E-state index contributed by atoms with van der Waals surface area (Å²) in [6.45, 7) is 0.645. The number of hydrogen-bond acceptors (Lipinski definition) is 5. The lowest BCUT2D eigenvalue weighted by atomic mass is 9.96. The molecule has 0 radical (unpaired) electrons. The molecule has 2 rings (SSSR count). The van der Waals surface area contributed by atoms with Crippen LogP contribution in [0.25, 0.3) is 0 Å². The molecule has 2 aliphatic rings. The quantitative estimate of drug-likeness (QED) is 0.531. The van der Waals surface area contributed by atoms with E-state index >= 15 is 0 Å². The summed E-state index contributed by atoms with van der Waals surface area (Å²) in [5, 5.41) is 6.57. The predicted molar refractivity (Wildman–Crippen MR) is 79.5 cm³/mol. The minimum Gasteiger partial charge on any atom is -0.288 e. The van der Waals surface area contributed by atoms with Crippen LogP contribution in [0.5, 0.6) is 0 Å². The Labute approximate surface area is 123 Å². The Morgan fingerprint density at radius 3 is 1.55 bits per heavy atom. The van der Waals surface area contributed by atoms with Crippen LogP contribution in [0.1, 0.15) is 64.2 Å². The van der Waals surface area contributed by atoms with Gasteiger partial charge >= 0.3 is 8.25 Å². The highest BCUT2D eigenvalue weighted by Gasteiger charge is 2.22. The van der Waals surface area contributed by atoms with Crippen LogP contribution in [0.2, 0.25) is 0 Å². The van der Waals surface area contributed by atoms with Crippen molar-refractivity contribution in [3.8, 4) is 0 Å². The second-order valence-corrected chi connectivity index (χ2v) is 6.81. The Bertz CT molecular complexity index is 254. The second-order valence-electron chi connectivity index (χ2n) is 5.85. The molecule has 6 heteroatoms. The highest BCUT2D eigenvalue weighted by molar-refractivity contribution is 7.33. The second kappa shape index (κ2) is 9.80. The van der Waals surface area contributed by atoms with Gasteiger partial charge in [-0.05, 0) is 25.7 Å². The van der Waals surface area contributed by atoms with E-state index in [-0.39, 0.29) is 0 Å². The average Bonchev–Trinajstić information content (AvgIpc) is 2.49. The largest absolute Gasteiger partial charge is 0.700 e. The lowest BCUT2D eigenvalue weighted by Gasteiger charge is -2.21. The summed E-state index contributed by atoms with van der Waals surface area (Å²) in [6, 6.07) is 1.04. The Balaban J connectivity index is 1.45. The molecule has 0 heterocycles. The molecular formula is C14H28N2O3P+. The van der Waals surface area contributed by atoms with Crippen LogP contribution >= 0.6 is 8.25 Å². The molecular weight excluding hydrogens is 275 g/mol. The summed E-state index contributed by atoms with van der Waals surface area (Å²) in [5.74, 6) is 0. The molecule has 0 amide bonds. The van der Waals surface area contributed by atoms with Gasteiger partial charge in [0.05, 0.1) is 0 Å². The molecule has 2 saturated carbocycles. The third-order valence-electron chi connectivity index (χ3n) is 4.29. The van der Waals surface area contributed by atoms with Crippen molar-refractivity contribution < 1.29 is 13.6 Å². The molecule has 0 saturated heterocycles. The van der Waals surface area contributed by atoms with Gasteiger partial charge in [-0.2, -0.15) is 0 Å². The minimum atomic E-state index is -2.01. The maximum Gasteiger partial charge on any atom is 0.700 e. The van der Waals surface area contributed by atoms with Crippen LogP contribution in [0.15, 0.2) is 0 Å². The first-order valence-corrected chi connectivity index (χ1v) is 9.14. The van der Waals surface area contributed by atoms with E-state index in [1.165, 1.54) is 64.2 Å². The molecule has 2 fully saturated rings. The summed E-state index contributed by atoms with van der Waals surface area (Å²) in [7, 11) is -2.01. The summed E-state index contributed by atoms with van der Waals surface area (Å²) in [4.78, 5) is 0. The van der Waals surface area contributed by atoms with Gasteiger partial charge in [-0.3, -0.25) is 10.6 Å². The predicted octanol–water partition coefficient (Wildman–Crippen LogP) is 3.44. The van der Waals surface area contributed by atoms with Gasteiger partial charge in [0.2, 0.25) is 0 Å². The normalized spacial score (nSPS) is 22.0. The van der Waals surface area contributed by atoms with Crippen molar-refractivity contribution in [1.82, 2.24) is 10.6 Å². The van der Waals surface area contributed by atoms with E-state index in [1.54, 1.807) is 0 Å². The molecule has 2 N–H and O–H groups in total. The fraction of sp³-hybridized carbons (Fsp3) is 1.00. The van der Waals surface area contributed by atoms with Gasteiger partial charge in [0.25, 0.3) is 0 Å². The highest BCUT2D eigenvalue weighted by atomic mass is 31.1.